The van der Waals surface area contributed by atoms with Gasteiger partial charge in [0.05, 0.1) is 19.5 Å². The molecule has 3 fully saturated rings. The number of methoxy groups -OCH3 is 1. The van der Waals surface area contributed by atoms with Crippen molar-refractivity contribution in [1.29, 1.82) is 0 Å². The lowest BCUT2D eigenvalue weighted by molar-refractivity contribution is -0.130. The minimum Gasteiger partial charge on any atom is -0.463 e. The first-order valence-electron chi connectivity index (χ1n) is 14.7. The number of hydrogen-bond donors (Lipinski definition) is 1. The van der Waals surface area contributed by atoms with Gasteiger partial charge in [0.2, 0.25) is 5.76 Å². The molecule has 0 saturated heterocycles. The van der Waals surface area contributed by atoms with Crippen LogP contribution in [0.3, 0.4) is 0 Å². The van der Waals surface area contributed by atoms with Gasteiger partial charge in [-0.15, -0.1) is 24.6 Å². The summed E-state index contributed by atoms with van der Waals surface area (Å²) in [6, 6.07) is 2.91. The van der Waals surface area contributed by atoms with E-state index in [9.17, 15) is 23.9 Å². The largest absolute Gasteiger partial charge is 0.463 e. The number of halogens is 1. The number of aliphatic hydroxyl groups excluding tert-OH is 1. The van der Waals surface area contributed by atoms with Crippen LogP contribution in [0.4, 0.5) is 4.39 Å². The van der Waals surface area contributed by atoms with Gasteiger partial charge in [0, 0.05) is 17.3 Å². The van der Waals surface area contributed by atoms with E-state index in [4.69, 9.17) is 4.42 Å². The number of aldehydes is 1. The zero-order valence-corrected chi connectivity index (χ0v) is 27.4. The van der Waals surface area contributed by atoms with Crippen molar-refractivity contribution >= 4 is 29.8 Å². The molecule has 3 saturated carbocycles. The highest BCUT2D eigenvalue weighted by Crippen LogP contribution is 2.65. The predicted molar refractivity (Wildman–Crippen MR) is 170 cm³/mol. The number of esters is 1. The van der Waals surface area contributed by atoms with Gasteiger partial charge in [-0.05, 0) is 79.9 Å². The smallest absolute Gasteiger partial charge is 0.373 e. The number of rotatable bonds is 3. The number of fused-ring (bicyclic) bond motifs is 5. The Morgan fingerprint density at radius 3 is 2.33 bits per heavy atom. The van der Waals surface area contributed by atoms with Crippen LogP contribution in [0.5, 0.6) is 0 Å². The number of carbonyl (C=O) groups excluding carboxylic acids is 3. The summed E-state index contributed by atoms with van der Waals surface area (Å²) >= 11 is 1.19. The molecule has 7 atom stereocenters. The van der Waals surface area contributed by atoms with Gasteiger partial charge in [-0.2, -0.15) is 0 Å². The molecule has 236 valence electrons. The molecule has 0 aromatic carbocycles. The third kappa shape index (κ3) is 8.94. The molecule has 4 aliphatic carbocycles. The summed E-state index contributed by atoms with van der Waals surface area (Å²) in [5, 5.41) is 11.0. The minimum absolute atomic E-state index is 0.0475. The lowest BCUT2D eigenvalue weighted by atomic mass is 9.47. The highest BCUT2D eigenvalue weighted by atomic mass is 32.2. The third-order valence-corrected chi connectivity index (χ3v) is 8.97. The van der Waals surface area contributed by atoms with Crippen LogP contribution < -0.4 is 0 Å². The second-order valence-electron chi connectivity index (χ2n) is 10.5. The van der Waals surface area contributed by atoms with E-state index in [2.05, 4.69) is 31.4 Å². The Kier molecular flexibility index (Phi) is 18.3. The fraction of sp³-hybridized carbons (Fsp3) is 0.618. The first-order chi connectivity index (χ1) is 20.2. The molecule has 0 spiro atoms. The van der Waals surface area contributed by atoms with Gasteiger partial charge in [-0.3, -0.25) is 4.79 Å². The molecule has 4 aliphatic rings. The van der Waals surface area contributed by atoms with Crippen molar-refractivity contribution in [2.45, 2.75) is 79.8 Å². The molecule has 1 N–H and O–H groups in total. The second kappa shape index (κ2) is 19.5. The van der Waals surface area contributed by atoms with Crippen molar-refractivity contribution in [3.63, 3.8) is 0 Å². The number of aliphatic hydroxyl groups is 1. The molecule has 3 unspecified atom stereocenters. The number of ether oxygens (including phenoxy) is 1. The monoisotopic (exact) mass is 606 g/mol. The van der Waals surface area contributed by atoms with Crippen molar-refractivity contribution in [2.24, 2.45) is 34.5 Å². The summed E-state index contributed by atoms with van der Waals surface area (Å²) in [6.07, 6.45) is 22.2. The number of hydrogen-bond acceptors (Lipinski definition) is 7. The highest BCUT2D eigenvalue weighted by Gasteiger charge is 2.61. The molecule has 8 heteroatoms. The highest BCUT2D eigenvalue weighted by molar-refractivity contribution is 7.98. The number of alkyl halides is 1. The lowest BCUT2D eigenvalue weighted by Crippen LogP contribution is -2.55. The van der Waals surface area contributed by atoms with Gasteiger partial charge in [-0.25, -0.2) is 9.18 Å². The number of terminal acetylenes is 1. The second-order valence-corrected chi connectivity index (χ2v) is 11.3. The fourth-order valence-corrected chi connectivity index (χ4v) is 7.08. The average molecular weight is 607 g/mol. The van der Waals surface area contributed by atoms with Crippen LogP contribution in [0.15, 0.2) is 46.6 Å². The van der Waals surface area contributed by atoms with Crippen molar-refractivity contribution in [3.05, 3.63) is 48.0 Å². The normalized spacial score (nSPS) is 31.2. The van der Waals surface area contributed by atoms with Gasteiger partial charge >= 0.3 is 5.97 Å². The maximum atomic E-state index is 11.8. The predicted octanol–water partition coefficient (Wildman–Crippen LogP) is 7.72. The van der Waals surface area contributed by atoms with Crippen LogP contribution in [0.2, 0.25) is 0 Å². The van der Waals surface area contributed by atoms with Gasteiger partial charge in [-0.1, -0.05) is 53.2 Å². The van der Waals surface area contributed by atoms with Crippen molar-refractivity contribution in [1.82, 2.24) is 0 Å². The molecule has 0 amide bonds. The van der Waals surface area contributed by atoms with E-state index in [1.807, 2.05) is 33.8 Å². The van der Waals surface area contributed by atoms with E-state index in [0.717, 1.165) is 32.0 Å². The van der Waals surface area contributed by atoms with E-state index in [1.165, 1.54) is 30.7 Å². The van der Waals surface area contributed by atoms with E-state index in [-0.39, 0.29) is 40.2 Å². The van der Waals surface area contributed by atoms with Crippen molar-refractivity contribution in [3.8, 4) is 12.8 Å². The minimum atomic E-state index is -0.444. The molecule has 0 aliphatic heterocycles. The molecule has 1 heterocycles. The van der Waals surface area contributed by atoms with E-state index >= 15 is 0 Å². The van der Waals surface area contributed by atoms with Crippen LogP contribution in [0.1, 0.15) is 84.2 Å². The topological polar surface area (TPSA) is 93.8 Å². The van der Waals surface area contributed by atoms with Crippen LogP contribution in [0.25, 0.3) is 0 Å². The van der Waals surface area contributed by atoms with Crippen LogP contribution >= 0.6 is 11.8 Å². The van der Waals surface area contributed by atoms with E-state index in [1.54, 1.807) is 30.5 Å². The zero-order valence-electron chi connectivity index (χ0n) is 26.6. The van der Waals surface area contributed by atoms with Crippen molar-refractivity contribution in [2.75, 3.05) is 19.4 Å². The maximum Gasteiger partial charge on any atom is 0.373 e. The first-order valence-corrected chi connectivity index (χ1v) is 16.1. The van der Waals surface area contributed by atoms with E-state index < -0.39 is 12.1 Å². The molecule has 1 aromatic heterocycles. The van der Waals surface area contributed by atoms with Crippen LogP contribution in [0, 0.1) is 47.3 Å². The molecule has 42 heavy (non-hydrogen) atoms. The summed E-state index contributed by atoms with van der Waals surface area (Å²) in [5.74, 6) is 1.11. The lowest BCUT2D eigenvalue weighted by Gasteiger charge is -2.58. The molecule has 1 aromatic rings. The zero-order chi connectivity index (χ0) is 32.5. The van der Waals surface area contributed by atoms with Crippen LogP contribution in [-0.2, 0) is 14.3 Å². The van der Waals surface area contributed by atoms with Gasteiger partial charge < -0.3 is 19.1 Å². The quantitative estimate of drug-likeness (QED) is 0.214. The number of ketones is 1. The summed E-state index contributed by atoms with van der Waals surface area (Å²) in [7, 11) is 1.31. The fourth-order valence-electron chi connectivity index (χ4n) is 7.08. The summed E-state index contributed by atoms with van der Waals surface area (Å²) < 4.78 is 19.8. The Hall–Kier alpha value is -2.63. The van der Waals surface area contributed by atoms with E-state index in [0.29, 0.717) is 18.3 Å². The molecule has 0 bridgehead atoms. The Bertz CT molecular complexity index is 1030. The molecular formula is C34H51FO6S. The summed E-state index contributed by atoms with van der Waals surface area (Å²) in [4.78, 5) is 33.8. The summed E-state index contributed by atoms with van der Waals surface area (Å²) in [5.41, 5.74) is 0.948. The third-order valence-electron chi connectivity index (χ3n) is 8.75. The molecular weight excluding hydrogens is 555 g/mol. The van der Waals surface area contributed by atoms with Crippen molar-refractivity contribution < 1.29 is 33.0 Å². The Morgan fingerprint density at radius 2 is 1.83 bits per heavy atom. The molecule has 5 rings (SSSR count). The Balaban J connectivity index is 0.000000736. The summed E-state index contributed by atoms with van der Waals surface area (Å²) in [6.45, 7) is 12.4. The number of furan rings is 1. The maximum absolute atomic E-state index is 11.8. The number of carbonyl (C=O) groups is 3. The SMILES string of the molecule is C#C.CC.CC.COC(=O)c1ccco1.CSCF.C[C@]12C=CC(=O)C=C1CCC1C2[C@@H](O)C[C@@]2(C)C1CC[C@@H]2C=O. The van der Waals surface area contributed by atoms with Gasteiger partial charge in [0.15, 0.2) is 5.78 Å². The molecule has 6 nitrogen and oxygen atoms in total. The number of allylic oxidation sites excluding steroid dienone is 4. The standard InChI is InChI=1S/C20H26O3.C6H6O3.C2H5FS.2C2H6.C2H2/c1-19-8-7-14(22)9-12(19)3-5-15-16-6-4-13(11-21)20(16,2)10-17(23)18(15)19;1-8-6(7)5-3-2-4-9-5;1-4-2-3;3*1-2/h7-9,11,13,15-18,23H,3-6,10H2,1-2H3;2-4H,1H3;2H2,1H3;2*1-2H3;1-2H/t13-,15?,16?,17+,18?,19+,20-;;;;;/m1...../s1. The van der Waals surface area contributed by atoms with Gasteiger partial charge in [0.25, 0.3) is 0 Å². The molecule has 0 radical (unpaired) electrons. The first kappa shape index (κ1) is 39.4. The van der Waals surface area contributed by atoms with Crippen LogP contribution in [-0.4, -0.2) is 48.6 Å². The average Bonchev–Trinajstić information content (AvgIpc) is 3.68. The Labute approximate surface area is 256 Å². The Morgan fingerprint density at radius 1 is 1.21 bits per heavy atom. The number of thioether (sulfide) groups is 1. The van der Waals surface area contributed by atoms with Gasteiger partial charge in [0.1, 0.15) is 12.3 Å².